The van der Waals surface area contributed by atoms with Crippen LogP contribution in [0.25, 0.3) is 17.1 Å². The molecular weight excluding hydrogens is 367 g/mol. The maximum absolute atomic E-state index is 13.9. The van der Waals surface area contributed by atoms with Crippen molar-refractivity contribution in [2.45, 2.75) is 13.8 Å². The van der Waals surface area contributed by atoms with Crippen molar-refractivity contribution in [1.29, 1.82) is 0 Å². The Morgan fingerprint density at radius 1 is 0.966 bits per heavy atom. The summed E-state index contributed by atoms with van der Waals surface area (Å²) in [5.74, 6) is -0.580. The number of para-hydroxylation sites is 2. The first kappa shape index (κ1) is 18.6. The number of hydrogen-bond donors (Lipinski definition) is 1. The van der Waals surface area contributed by atoms with Gasteiger partial charge < -0.3 is 5.32 Å². The van der Waals surface area contributed by atoms with Crippen molar-refractivity contribution in [3.05, 3.63) is 95.6 Å². The van der Waals surface area contributed by atoms with Crippen LogP contribution in [0.5, 0.6) is 0 Å². The summed E-state index contributed by atoms with van der Waals surface area (Å²) < 4.78 is 15.6. The lowest BCUT2D eigenvalue weighted by Crippen LogP contribution is -2.15. The minimum atomic E-state index is -0.573. The van der Waals surface area contributed by atoms with Gasteiger partial charge in [0.2, 0.25) is 5.82 Å². The van der Waals surface area contributed by atoms with Gasteiger partial charge in [-0.05, 0) is 43.7 Å². The summed E-state index contributed by atoms with van der Waals surface area (Å²) in [6, 6.07) is 21.5. The van der Waals surface area contributed by atoms with Gasteiger partial charge in [-0.3, -0.25) is 4.79 Å². The van der Waals surface area contributed by atoms with Crippen molar-refractivity contribution >= 4 is 11.6 Å². The summed E-state index contributed by atoms with van der Waals surface area (Å²) in [4.78, 5) is 17.2. The lowest BCUT2D eigenvalue weighted by Gasteiger charge is -2.09. The third-order valence-electron chi connectivity index (χ3n) is 4.55. The average Bonchev–Trinajstić information content (AvgIpc) is 3.15. The zero-order valence-electron chi connectivity index (χ0n) is 16.1. The molecule has 1 N–H and O–H groups in total. The molecule has 0 aliphatic heterocycles. The highest BCUT2D eigenvalue weighted by atomic mass is 19.1. The lowest BCUT2D eigenvalue weighted by molar-refractivity contribution is 0.101. The number of nitrogens with one attached hydrogen (secondary N) is 1. The van der Waals surface area contributed by atoms with E-state index in [4.69, 9.17) is 0 Å². The maximum atomic E-state index is 13.9. The smallest absolute Gasteiger partial charge is 0.295 e. The van der Waals surface area contributed by atoms with Crippen molar-refractivity contribution in [2.75, 3.05) is 5.32 Å². The highest BCUT2D eigenvalue weighted by Crippen LogP contribution is 2.24. The molecule has 1 amide bonds. The molecular formula is C23H19FN4O. The highest BCUT2D eigenvalue weighted by molar-refractivity contribution is 6.01. The predicted octanol–water partition coefficient (Wildman–Crippen LogP) is 4.94. The molecule has 0 fully saturated rings. The summed E-state index contributed by atoms with van der Waals surface area (Å²) in [7, 11) is 0. The Morgan fingerprint density at radius 3 is 2.48 bits per heavy atom. The van der Waals surface area contributed by atoms with Gasteiger partial charge >= 0.3 is 0 Å². The number of carbonyl (C=O) groups is 1. The van der Waals surface area contributed by atoms with Crippen LogP contribution in [0, 0.1) is 19.7 Å². The van der Waals surface area contributed by atoms with E-state index in [-0.39, 0.29) is 11.5 Å². The Bertz CT molecular complexity index is 1200. The minimum Gasteiger partial charge on any atom is -0.317 e. The maximum Gasteiger partial charge on any atom is 0.295 e. The van der Waals surface area contributed by atoms with Gasteiger partial charge in [0.05, 0.1) is 11.4 Å². The molecule has 0 atom stereocenters. The van der Waals surface area contributed by atoms with Crippen LogP contribution < -0.4 is 5.32 Å². The van der Waals surface area contributed by atoms with Crippen LogP contribution in [-0.4, -0.2) is 20.7 Å². The third-order valence-corrected chi connectivity index (χ3v) is 4.55. The number of amides is 1. The van der Waals surface area contributed by atoms with Crippen LogP contribution in [0.4, 0.5) is 10.1 Å². The van der Waals surface area contributed by atoms with Crippen molar-refractivity contribution in [3.8, 4) is 17.1 Å². The summed E-state index contributed by atoms with van der Waals surface area (Å²) in [5, 5.41) is 6.99. The summed E-state index contributed by atoms with van der Waals surface area (Å²) >= 11 is 0. The molecule has 1 heterocycles. The molecule has 4 aromatic rings. The largest absolute Gasteiger partial charge is 0.317 e. The molecule has 0 radical (unpaired) electrons. The third kappa shape index (κ3) is 3.78. The van der Waals surface area contributed by atoms with Gasteiger partial charge in [0, 0.05) is 5.56 Å². The van der Waals surface area contributed by atoms with E-state index in [0.717, 1.165) is 22.4 Å². The van der Waals surface area contributed by atoms with Gasteiger partial charge in [0.1, 0.15) is 5.82 Å². The van der Waals surface area contributed by atoms with E-state index in [9.17, 15) is 9.18 Å². The van der Waals surface area contributed by atoms with Gasteiger partial charge in [-0.1, -0.05) is 54.1 Å². The van der Waals surface area contributed by atoms with Gasteiger partial charge in [-0.25, -0.2) is 14.1 Å². The molecule has 0 aliphatic rings. The SMILES string of the molecule is Cc1cccc(-c2nc(C(=O)Nc3ccccc3F)nn2-c2ccccc2C)c1. The molecule has 0 bridgehead atoms. The normalized spacial score (nSPS) is 10.7. The Hall–Kier alpha value is -3.80. The fraction of sp³-hybridized carbons (Fsp3) is 0.0870. The van der Waals surface area contributed by atoms with E-state index in [2.05, 4.69) is 15.4 Å². The lowest BCUT2D eigenvalue weighted by atomic mass is 10.1. The van der Waals surface area contributed by atoms with Crippen molar-refractivity contribution in [2.24, 2.45) is 0 Å². The molecule has 0 saturated heterocycles. The average molecular weight is 386 g/mol. The van der Waals surface area contributed by atoms with Crippen LogP contribution in [0.15, 0.2) is 72.8 Å². The first-order valence-corrected chi connectivity index (χ1v) is 9.19. The predicted molar refractivity (Wildman–Crippen MR) is 111 cm³/mol. The molecule has 1 aromatic heterocycles. The Kier molecular flexibility index (Phi) is 4.91. The monoisotopic (exact) mass is 386 g/mol. The van der Waals surface area contributed by atoms with Gasteiger partial charge in [-0.2, -0.15) is 0 Å². The van der Waals surface area contributed by atoms with E-state index in [1.807, 2.05) is 62.4 Å². The number of rotatable bonds is 4. The molecule has 0 saturated carbocycles. The number of anilines is 1. The molecule has 144 valence electrons. The van der Waals surface area contributed by atoms with Gasteiger partial charge in [-0.15, -0.1) is 5.10 Å². The van der Waals surface area contributed by atoms with E-state index >= 15 is 0 Å². The van der Waals surface area contributed by atoms with Crippen LogP contribution >= 0.6 is 0 Å². The summed E-state index contributed by atoms with van der Waals surface area (Å²) in [6.45, 7) is 3.96. The second kappa shape index (κ2) is 7.67. The summed E-state index contributed by atoms with van der Waals surface area (Å²) in [5.41, 5.74) is 3.81. The van der Waals surface area contributed by atoms with E-state index < -0.39 is 11.7 Å². The molecule has 6 heteroatoms. The standard InChI is InChI=1S/C23H19FN4O/c1-15-8-7-10-17(14-15)22-26-21(23(29)25-19-12-5-4-11-18(19)24)27-28(22)20-13-6-3-9-16(20)2/h3-14H,1-2H3,(H,25,29). The van der Waals surface area contributed by atoms with E-state index in [1.54, 1.807) is 16.8 Å². The second-order valence-corrected chi connectivity index (χ2v) is 6.76. The molecule has 3 aromatic carbocycles. The molecule has 0 spiro atoms. The Balaban J connectivity index is 1.80. The van der Waals surface area contributed by atoms with Gasteiger partial charge in [0.15, 0.2) is 5.82 Å². The molecule has 0 aliphatic carbocycles. The fourth-order valence-corrected chi connectivity index (χ4v) is 3.09. The molecule has 0 unspecified atom stereocenters. The van der Waals surface area contributed by atoms with Crippen LogP contribution in [0.2, 0.25) is 0 Å². The van der Waals surface area contributed by atoms with Crippen molar-refractivity contribution in [3.63, 3.8) is 0 Å². The van der Waals surface area contributed by atoms with Crippen LogP contribution in [0.1, 0.15) is 21.7 Å². The number of halogens is 1. The van der Waals surface area contributed by atoms with Crippen molar-refractivity contribution < 1.29 is 9.18 Å². The van der Waals surface area contributed by atoms with Crippen LogP contribution in [0.3, 0.4) is 0 Å². The molecule has 29 heavy (non-hydrogen) atoms. The molecule has 4 rings (SSSR count). The Labute approximate surface area is 167 Å². The number of carbonyl (C=O) groups excluding carboxylic acids is 1. The number of nitrogens with zero attached hydrogens (tertiary/aromatic N) is 3. The number of aryl methyl sites for hydroxylation is 2. The fourth-order valence-electron chi connectivity index (χ4n) is 3.09. The first-order valence-electron chi connectivity index (χ1n) is 9.19. The van der Waals surface area contributed by atoms with E-state index in [1.165, 1.54) is 12.1 Å². The van der Waals surface area contributed by atoms with Crippen LogP contribution in [-0.2, 0) is 0 Å². The van der Waals surface area contributed by atoms with E-state index in [0.29, 0.717) is 5.82 Å². The zero-order valence-corrected chi connectivity index (χ0v) is 16.1. The Morgan fingerprint density at radius 2 is 1.72 bits per heavy atom. The zero-order chi connectivity index (χ0) is 20.4. The van der Waals surface area contributed by atoms with Crippen molar-refractivity contribution in [1.82, 2.24) is 14.8 Å². The minimum absolute atomic E-state index is 0.0342. The highest BCUT2D eigenvalue weighted by Gasteiger charge is 2.20. The summed E-state index contributed by atoms with van der Waals surface area (Å²) in [6.07, 6.45) is 0. The first-order chi connectivity index (χ1) is 14.0. The molecule has 5 nitrogen and oxygen atoms in total. The number of benzene rings is 3. The number of hydrogen-bond acceptors (Lipinski definition) is 3. The quantitative estimate of drug-likeness (QED) is 0.540. The second-order valence-electron chi connectivity index (χ2n) is 6.76. The number of aromatic nitrogens is 3. The topological polar surface area (TPSA) is 59.8 Å². The van der Waals surface area contributed by atoms with Gasteiger partial charge in [0.25, 0.3) is 5.91 Å².